The number of aromatic nitrogens is 4. The van der Waals surface area contributed by atoms with Gasteiger partial charge in [-0.15, -0.1) is 0 Å². The van der Waals surface area contributed by atoms with Crippen molar-refractivity contribution >= 4 is 40.4 Å². The zero-order chi connectivity index (χ0) is 25.6. The molecule has 5 rings (SSSR count). The van der Waals surface area contributed by atoms with Crippen molar-refractivity contribution in [3.8, 4) is 0 Å². The van der Waals surface area contributed by atoms with Crippen LogP contribution < -0.4 is 15.1 Å². The van der Waals surface area contributed by atoms with Crippen molar-refractivity contribution in [3.05, 3.63) is 36.0 Å². The molecule has 2 aromatic heterocycles. The van der Waals surface area contributed by atoms with Crippen LogP contribution in [-0.2, 0) is 18.2 Å². The van der Waals surface area contributed by atoms with Crippen LogP contribution in [0, 0.1) is 0 Å². The molecule has 0 aliphatic carbocycles. The molecule has 2 aliphatic heterocycles. The number of carbonyl (C=O) groups is 2. The molecule has 3 aromatic rings. The van der Waals surface area contributed by atoms with Gasteiger partial charge >= 0.3 is 12.1 Å². The number of ether oxygens (including phenoxy) is 1. The largest absolute Gasteiger partial charge is 0.444 e. The Balaban J connectivity index is 1.29. The van der Waals surface area contributed by atoms with Gasteiger partial charge in [0.25, 0.3) is 0 Å². The van der Waals surface area contributed by atoms with Crippen LogP contribution in [0.15, 0.2) is 30.5 Å². The average molecular weight is 493 g/mol. The molecule has 11 heteroatoms. The van der Waals surface area contributed by atoms with Crippen molar-refractivity contribution in [1.29, 1.82) is 0 Å². The van der Waals surface area contributed by atoms with E-state index in [2.05, 4.69) is 25.4 Å². The van der Waals surface area contributed by atoms with Crippen LogP contribution >= 0.6 is 0 Å². The predicted molar refractivity (Wildman–Crippen MR) is 137 cm³/mol. The first-order valence-corrected chi connectivity index (χ1v) is 12.2. The van der Waals surface area contributed by atoms with Crippen molar-refractivity contribution in [1.82, 2.24) is 24.9 Å². The van der Waals surface area contributed by atoms with E-state index < -0.39 is 5.60 Å². The summed E-state index contributed by atoms with van der Waals surface area (Å²) in [5.41, 5.74) is 3.74. The van der Waals surface area contributed by atoms with Crippen molar-refractivity contribution < 1.29 is 14.3 Å². The molecule has 2 aliphatic rings. The number of nitrogens with zero attached hydrogens (tertiary/aromatic N) is 7. The number of aryl methyl sites for hydroxylation is 1. The highest BCUT2D eigenvalue weighted by molar-refractivity contribution is 6.03. The lowest BCUT2D eigenvalue weighted by molar-refractivity contribution is 0.0159. The molecule has 190 valence electrons. The van der Waals surface area contributed by atoms with E-state index in [-0.39, 0.29) is 18.2 Å². The molecule has 0 spiro atoms. The highest BCUT2D eigenvalue weighted by atomic mass is 16.6. The maximum atomic E-state index is 13.2. The Morgan fingerprint density at radius 2 is 1.86 bits per heavy atom. The molecule has 11 nitrogen and oxygen atoms in total. The summed E-state index contributed by atoms with van der Waals surface area (Å²) in [6, 6.07) is 7.23. The van der Waals surface area contributed by atoms with Crippen LogP contribution in [-0.4, -0.2) is 74.8 Å². The van der Waals surface area contributed by atoms with Gasteiger partial charge in [-0.1, -0.05) is 0 Å². The number of benzene rings is 1. The van der Waals surface area contributed by atoms with E-state index in [1.807, 2.05) is 52.0 Å². The first-order valence-electron chi connectivity index (χ1n) is 12.2. The minimum absolute atomic E-state index is 0.00535. The van der Waals surface area contributed by atoms with E-state index in [9.17, 15) is 9.59 Å². The molecule has 0 unspecified atom stereocenters. The predicted octanol–water partition coefficient (Wildman–Crippen LogP) is 3.40. The van der Waals surface area contributed by atoms with Crippen molar-refractivity contribution in [2.45, 2.75) is 45.8 Å². The number of rotatable bonds is 2. The SMILES string of the molecule is C[C@H]1CN(c2ccnc3c2CCN3C(=O)Nc2ccc3nn(C)nc3c2)CCN1C(=O)OC(C)(C)C. The van der Waals surface area contributed by atoms with Gasteiger partial charge in [-0.3, -0.25) is 4.90 Å². The Bertz CT molecular complexity index is 1310. The van der Waals surface area contributed by atoms with E-state index >= 15 is 0 Å². The van der Waals surface area contributed by atoms with Gasteiger partial charge in [0.2, 0.25) is 0 Å². The summed E-state index contributed by atoms with van der Waals surface area (Å²) in [6.07, 6.45) is 2.18. The van der Waals surface area contributed by atoms with Gasteiger partial charge in [0.15, 0.2) is 0 Å². The maximum Gasteiger partial charge on any atom is 0.410 e. The van der Waals surface area contributed by atoms with Crippen LogP contribution in [0.4, 0.5) is 26.8 Å². The van der Waals surface area contributed by atoms with Crippen LogP contribution in [0.3, 0.4) is 0 Å². The van der Waals surface area contributed by atoms with E-state index in [0.29, 0.717) is 37.7 Å². The van der Waals surface area contributed by atoms with Crippen molar-refractivity contribution in [3.63, 3.8) is 0 Å². The maximum absolute atomic E-state index is 13.2. The summed E-state index contributed by atoms with van der Waals surface area (Å²) < 4.78 is 5.58. The van der Waals surface area contributed by atoms with Gasteiger partial charge in [0.1, 0.15) is 22.5 Å². The highest BCUT2D eigenvalue weighted by Gasteiger charge is 2.34. The molecule has 0 bridgehead atoms. The third-order valence-electron chi connectivity index (χ3n) is 6.42. The summed E-state index contributed by atoms with van der Waals surface area (Å²) in [5, 5.41) is 11.5. The molecule has 1 aromatic carbocycles. The number of nitrogens with one attached hydrogen (secondary N) is 1. The lowest BCUT2D eigenvalue weighted by Gasteiger charge is -2.41. The number of hydrogen-bond acceptors (Lipinski definition) is 7. The van der Waals surface area contributed by atoms with Gasteiger partial charge in [-0.2, -0.15) is 15.0 Å². The zero-order valence-corrected chi connectivity index (χ0v) is 21.4. The summed E-state index contributed by atoms with van der Waals surface area (Å²) in [7, 11) is 1.76. The lowest BCUT2D eigenvalue weighted by Crippen LogP contribution is -2.55. The van der Waals surface area contributed by atoms with Crippen molar-refractivity contribution in [2.75, 3.05) is 41.3 Å². The van der Waals surface area contributed by atoms with E-state index in [1.54, 1.807) is 23.0 Å². The molecule has 0 saturated carbocycles. The molecule has 0 radical (unpaired) electrons. The Hall–Kier alpha value is -3.89. The Labute approximate surface area is 210 Å². The number of hydrogen-bond donors (Lipinski definition) is 1. The first kappa shape index (κ1) is 23.8. The molecule has 36 heavy (non-hydrogen) atoms. The summed E-state index contributed by atoms with van der Waals surface area (Å²) in [6.45, 7) is 10.1. The van der Waals surface area contributed by atoms with Crippen LogP contribution in [0.1, 0.15) is 33.3 Å². The van der Waals surface area contributed by atoms with Gasteiger partial charge < -0.3 is 19.9 Å². The van der Waals surface area contributed by atoms with E-state index in [1.165, 1.54) is 4.80 Å². The third kappa shape index (κ3) is 4.65. The lowest BCUT2D eigenvalue weighted by atomic mass is 10.1. The minimum atomic E-state index is -0.524. The fraction of sp³-hybridized carbons (Fsp3) is 0.480. The standard InChI is InChI=1S/C25H32N8O3/c1-16-15-31(12-13-32(16)24(35)36-25(2,3)4)21-8-10-26-22-18(21)9-11-33(22)23(34)27-17-6-7-19-20(14-17)29-30(5)28-19/h6-8,10,14,16H,9,11-13,15H2,1-5H3,(H,27,34)/t16-/m0/s1. The van der Waals surface area contributed by atoms with E-state index in [4.69, 9.17) is 4.74 Å². The van der Waals surface area contributed by atoms with Gasteiger partial charge in [-0.25, -0.2) is 14.6 Å². The molecule has 3 amide bonds. The Morgan fingerprint density at radius 3 is 2.61 bits per heavy atom. The number of piperazine rings is 1. The number of pyridine rings is 1. The smallest absolute Gasteiger partial charge is 0.410 e. The van der Waals surface area contributed by atoms with Crippen molar-refractivity contribution in [2.24, 2.45) is 7.05 Å². The van der Waals surface area contributed by atoms with E-state index in [0.717, 1.165) is 28.7 Å². The number of amides is 3. The quantitative estimate of drug-likeness (QED) is 0.584. The highest BCUT2D eigenvalue weighted by Crippen LogP contribution is 2.35. The van der Waals surface area contributed by atoms with Gasteiger partial charge in [0, 0.05) is 62.4 Å². The molecular weight excluding hydrogens is 460 g/mol. The molecule has 1 N–H and O–H groups in total. The number of carbonyl (C=O) groups excluding carboxylic acids is 2. The second kappa shape index (κ2) is 8.96. The third-order valence-corrected chi connectivity index (χ3v) is 6.42. The molecular formula is C25H32N8O3. The number of anilines is 3. The summed E-state index contributed by atoms with van der Waals surface area (Å²) in [4.78, 5) is 37.6. The normalized spacial score (nSPS) is 17.9. The van der Waals surface area contributed by atoms with Crippen LogP contribution in [0.5, 0.6) is 0 Å². The minimum Gasteiger partial charge on any atom is -0.444 e. The molecule has 1 saturated heterocycles. The topological polar surface area (TPSA) is 109 Å². The zero-order valence-electron chi connectivity index (χ0n) is 21.4. The molecule has 1 atom stereocenters. The average Bonchev–Trinajstić information content (AvgIpc) is 3.40. The second-order valence-corrected chi connectivity index (χ2v) is 10.3. The fourth-order valence-corrected chi connectivity index (χ4v) is 4.83. The summed E-state index contributed by atoms with van der Waals surface area (Å²) in [5.74, 6) is 0.674. The van der Waals surface area contributed by atoms with Gasteiger partial charge in [0.05, 0.1) is 0 Å². The Morgan fingerprint density at radius 1 is 1.08 bits per heavy atom. The molecule has 1 fully saturated rings. The Kier molecular flexibility index (Phi) is 5.93. The monoisotopic (exact) mass is 492 g/mol. The first-order chi connectivity index (χ1) is 17.1. The molecule has 4 heterocycles. The van der Waals surface area contributed by atoms with Crippen LogP contribution in [0.2, 0.25) is 0 Å². The van der Waals surface area contributed by atoms with Gasteiger partial charge in [-0.05, 0) is 58.4 Å². The number of urea groups is 1. The van der Waals surface area contributed by atoms with Crippen LogP contribution in [0.25, 0.3) is 11.0 Å². The number of fused-ring (bicyclic) bond motifs is 2. The second-order valence-electron chi connectivity index (χ2n) is 10.3. The fourth-order valence-electron chi connectivity index (χ4n) is 4.83. The summed E-state index contributed by atoms with van der Waals surface area (Å²) >= 11 is 0.